The second kappa shape index (κ2) is 5.88. The summed E-state index contributed by atoms with van der Waals surface area (Å²) in [6.45, 7) is 5.32. The number of esters is 1. The van der Waals surface area contributed by atoms with Crippen molar-refractivity contribution >= 4 is 11.9 Å². The molecule has 0 bridgehead atoms. The first-order chi connectivity index (χ1) is 9.88. The zero-order valence-electron chi connectivity index (χ0n) is 13.1. The van der Waals surface area contributed by atoms with Crippen molar-refractivity contribution in [3.63, 3.8) is 0 Å². The summed E-state index contributed by atoms with van der Waals surface area (Å²) in [5.41, 5.74) is 0.592. The van der Waals surface area contributed by atoms with Gasteiger partial charge in [0, 0.05) is 7.05 Å². The number of hydrogen-bond donors (Lipinski definition) is 0. The van der Waals surface area contributed by atoms with Crippen LogP contribution < -0.4 is 0 Å². The van der Waals surface area contributed by atoms with Crippen LogP contribution in [0, 0.1) is 0 Å². The molecular weight excluding hydrogens is 266 g/mol. The molecular formula is C17H23NO3. The second-order valence-electron chi connectivity index (χ2n) is 6.03. The van der Waals surface area contributed by atoms with Gasteiger partial charge in [0.2, 0.25) is 5.91 Å². The van der Waals surface area contributed by atoms with Gasteiger partial charge in [-0.3, -0.25) is 4.79 Å². The lowest BCUT2D eigenvalue weighted by atomic mass is 9.94. The van der Waals surface area contributed by atoms with E-state index < -0.39 is 11.5 Å². The maximum atomic E-state index is 12.8. The molecule has 1 aliphatic carbocycles. The van der Waals surface area contributed by atoms with E-state index in [-0.39, 0.29) is 18.0 Å². The fraction of sp³-hybridized carbons (Fsp3) is 0.529. The van der Waals surface area contributed by atoms with Crippen molar-refractivity contribution in [3.05, 3.63) is 35.9 Å². The number of likely N-dealkylation sites (N-methyl/N-ethyl adjacent to an activating group) is 1. The first kappa shape index (κ1) is 15.5. The lowest BCUT2D eigenvalue weighted by Crippen LogP contribution is -2.46. The number of ether oxygens (including phenoxy) is 1. The molecule has 1 saturated carbocycles. The Morgan fingerprint density at radius 2 is 1.71 bits per heavy atom. The summed E-state index contributed by atoms with van der Waals surface area (Å²) < 4.78 is 5.19. The fourth-order valence-corrected chi connectivity index (χ4v) is 2.51. The largest absolute Gasteiger partial charge is 0.461 e. The van der Waals surface area contributed by atoms with Gasteiger partial charge in [-0.15, -0.1) is 0 Å². The summed E-state index contributed by atoms with van der Waals surface area (Å²) in [6, 6.07) is 9.22. The molecule has 0 saturated heterocycles. The van der Waals surface area contributed by atoms with E-state index in [9.17, 15) is 9.59 Å². The Morgan fingerprint density at radius 3 is 2.19 bits per heavy atom. The Labute approximate surface area is 126 Å². The van der Waals surface area contributed by atoms with Crippen LogP contribution in [0.15, 0.2) is 30.3 Å². The van der Waals surface area contributed by atoms with Crippen LogP contribution in [0.2, 0.25) is 0 Å². The Bertz CT molecular complexity index is 520. The van der Waals surface area contributed by atoms with Gasteiger partial charge in [-0.05, 0) is 39.2 Å². The lowest BCUT2D eigenvalue weighted by molar-refractivity contribution is -0.157. The van der Waals surface area contributed by atoms with Crippen LogP contribution in [0.1, 0.15) is 39.2 Å². The van der Waals surface area contributed by atoms with E-state index >= 15 is 0 Å². The Hall–Kier alpha value is -1.84. The summed E-state index contributed by atoms with van der Waals surface area (Å²) in [7, 11) is 1.68. The van der Waals surface area contributed by atoms with Crippen molar-refractivity contribution in [3.8, 4) is 0 Å². The number of carbonyl (C=O) groups is 2. The molecule has 0 radical (unpaired) electrons. The average molecular weight is 289 g/mol. The minimum Gasteiger partial charge on any atom is -0.461 e. The Morgan fingerprint density at radius 1 is 1.14 bits per heavy atom. The summed E-state index contributed by atoms with van der Waals surface area (Å²) in [5, 5.41) is 0. The third kappa shape index (κ3) is 3.09. The predicted octanol–water partition coefficient (Wildman–Crippen LogP) is 2.52. The highest BCUT2D eigenvalue weighted by atomic mass is 16.5. The van der Waals surface area contributed by atoms with Crippen molar-refractivity contribution in [2.24, 2.45) is 0 Å². The van der Waals surface area contributed by atoms with Crippen molar-refractivity contribution in [1.29, 1.82) is 0 Å². The van der Waals surface area contributed by atoms with Gasteiger partial charge >= 0.3 is 5.97 Å². The van der Waals surface area contributed by atoms with Gasteiger partial charge in [-0.1, -0.05) is 30.3 Å². The molecule has 4 nitrogen and oxygen atoms in total. The van der Waals surface area contributed by atoms with Crippen molar-refractivity contribution < 1.29 is 14.3 Å². The van der Waals surface area contributed by atoms with Crippen molar-refractivity contribution in [2.75, 3.05) is 7.05 Å². The van der Waals surface area contributed by atoms with E-state index in [4.69, 9.17) is 4.74 Å². The maximum Gasteiger partial charge on any atom is 0.328 e. The number of amides is 1. The van der Waals surface area contributed by atoms with Crippen LogP contribution in [-0.2, 0) is 19.7 Å². The predicted molar refractivity (Wildman–Crippen MR) is 80.8 cm³/mol. The van der Waals surface area contributed by atoms with E-state index in [1.807, 2.05) is 30.3 Å². The van der Waals surface area contributed by atoms with E-state index in [1.54, 1.807) is 27.8 Å². The first-order valence-corrected chi connectivity index (χ1v) is 7.42. The van der Waals surface area contributed by atoms with Gasteiger partial charge in [0.25, 0.3) is 0 Å². The summed E-state index contributed by atoms with van der Waals surface area (Å²) in [5.74, 6) is -0.355. The smallest absolute Gasteiger partial charge is 0.328 e. The zero-order chi connectivity index (χ0) is 15.6. The highest BCUT2D eigenvalue weighted by Crippen LogP contribution is 2.49. The molecule has 1 unspecified atom stereocenters. The van der Waals surface area contributed by atoms with E-state index in [0.29, 0.717) is 0 Å². The number of carbonyl (C=O) groups excluding carboxylic acids is 2. The van der Waals surface area contributed by atoms with Gasteiger partial charge < -0.3 is 9.64 Å². The molecule has 1 atom stereocenters. The number of hydrogen-bond acceptors (Lipinski definition) is 3. The van der Waals surface area contributed by atoms with Gasteiger partial charge in [0.15, 0.2) is 0 Å². The Balaban J connectivity index is 2.11. The zero-order valence-corrected chi connectivity index (χ0v) is 13.1. The molecule has 0 N–H and O–H groups in total. The molecule has 21 heavy (non-hydrogen) atoms. The van der Waals surface area contributed by atoms with Crippen molar-refractivity contribution in [1.82, 2.24) is 4.90 Å². The molecule has 4 heteroatoms. The summed E-state index contributed by atoms with van der Waals surface area (Å²) in [4.78, 5) is 26.3. The second-order valence-corrected chi connectivity index (χ2v) is 6.03. The Kier molecular flexibility index (Phi) is 4.35. The maximum absolute atomic E-state index is 12.8. The highest BCUT2D eigenvalue weighted by molar-refractivity contribution is 5.94. The summed E-state index contributed by atoms with van der Waals surface area (Å²) in [6.07, 6.45) is 1.51. The van der Waals surface area contributed by atoms with E-state index in [0.717, 1.165) is 18.4 Å². The molecule has 1 aliphatic rings. The normalized spacial score (nSPS) is 17.2. The molecule has 0 spiro atoms. The van der Waals surface area contributed by atoms with E-state index in [2.05, 4.69) is 0 Å². The average Bonchev–Trinajstić information content (AvgIpc) is 3.26. The highest BCUT2D eigenvalue weighted by Gasteiger charge is 2.53. The van der Waals surface area contributed by atoms with Gasteiger partial charge in [0.05, 0.1) is 11.5 Å². The third-order valence-corrected chi connectivity index (χ3v) is 4.08. The van der Waals surface area contributed by atoms with Crippen LogP contribution >= 0.6 is 0 Å². The number of rotatable bonds is 5. The van der Waals surface area contributed by atoms with Crippen LogP contribution in [0.5, 0.6) is 0 Å². The fourth-order valence-electron chi connectivity index (χ4n) is 2.51. The SMILES string of the molecule is CC(C)OC(=O)C(C)N(C)C(=O)C1(c2ccccc2)CC1. The molecule has 2 rings (SSSR count). The van der Waals surface area contributed by atoms with Gasteiger partial charge in [-0.25, -0.2) is 4.79 Å². The molecule has 1 fully saturated rings. The van der Waals surface area contributed by atoms with Crippen LogP contribution in [-0.4, -0.2) is 36.0 Å². The number of nitrogens with zero attached hydrogens (tertiary/aromatic N) is 1. The third-order valence-electron chi connectivity index (χ3n) is 4.08. The molecule has 1 aromatic carbocycles. The lowest BCUT2D eigenvalue weighted by Gasteiger charge is -2.28. The van der Waals surface area contributed by atoms with Crippen LogP contribution in [0.3, 0.4) is 0 Å². The molecule has 0 heterocycles. The molecule has 0 aliphatic heterocycles. The van der Waals surface area contributed by atoms with Crippen LogP contribution in [0.25, 0.3) is 0 Å². The first-order valence-electron chi connectivity index (χ1n) is 7.42. The van der Waals surface area contributed by atoms with Crippen molar-refractivity contribution in [2.45, 2.75) is 51.2 Å². The quantitative estimate of drug-likeness (QED) is 0.783. The molecule has 0 aromatic heterocycles. The topological polar surface area (TPSA) is 46.6 Å². The van der Waals surface area contributed by atoms with Gasteiger partial charge in [0.1, 0.15) is 6.04 Å². The number of benzene rings is 1. The monoisotopic (exact) mass is 289 g/mol. The van der Waals surface area contributed by atoms with Gasteiger partial charge in [-0.2, -0.15) is 0 Å². The van der Waals surface area contributed by atoms with E-state index in [1.165, 1.54) is 4.90 Å². The molecule has 114 valence electrons. The minimum absolute atomic E-state index is 0.00176. The molecule has 1 amide bonds. The standard InChI is InChI=1S/C17H23NO3/c1-12(2)21-15(19)13(3)18(4)16(20)17(10-11-17)14-8-6-5-7-9-14/h5-9,12-13H,10-11H2,1-4H3. The minimum atomic E-state index is -0.568. The molecule has 1 aromatic rings. The summed E-state index contributed by atoms with van der Waals surface area (Å²) >= 11 is 0. The van der Waals surface area contributed by atoms with Crippen LogP contribution in [0.4, 0.5) is 0 Å².